The molecule has 0 aliphatic rings. The molecule has 0 saturated heterocycles. The molecule has 1 aromatic rings. The molecule has 0 radical (unpaired) electrons. The third-order valence-electron chi connectivity index (χ3n) is 2.40. The third-order valence-corrected chi connectivity index (χ3v) is 3.85. The van der Waals surface area contributed by atoms with E-state index in [1.807, 2.05) is 12.1 Å². The van der Waals surface area contributed by atoms with E-state index in [0.29, 0.717) is 11.7 Å². The Bertz CT molecular complexity index is 467. The fraction of sp³-hybridized carbons (Fsp3) is 0.500. The van der Waals surface area contributed by atoms with E-state index in [-0.39, 0.29) is 0 Å². The average Bonchev–Trinajstić information content (AvgIpc) is 2.27. The van der Waals surface area contributed by atoms with E-state index in [0.717, 1.165) is 16.4 Å². The predicted molar refractivity (Wildman–Crippen MR) is 74.6 cm³/mol. The number of benzene rings is 1. The van der Waals surface area contributed by atoms with Gasteiger partial charge in [0.05, 0.1) is 0 Å². The van der Waals surface area contributed by atoms with Gasteiger partial charge in [-0.25, -0.2) is 0 Å². The van der Waals surface area contributed by atoms with Crippen LogP contribution in [0.3, 0.4) is 0 Å². The highest BCUT2D eigenvalue weighted by Gasteiger charge is 2.12. The van der Waals surface area contributed by atoms with Crippen LogP contribution in [0.2, 0.25) is 0 Å². The molecule has 0 heterocycles. The van der Waals surface area contributed by atoms with Gasteiger partial charge >= 0.3 is 10.2 Å². The summed E-state index contributed by atoms with van der Waals surface area (Å²) < 4.78 is 26.8. The second-order valence-electron chi connectivity index (χ2n) is 4.62. The lowest BCUT2D eigenvalue weighted by Crippen LogP contribution is -2.28. The summed E-state index contributed by atoms with van der Waals surface area (Å²) in [4.78, 5) is 0. The van der Waals surface area contributed by atoms with Crippen LogP contribution in [0, 0.1) is 0 Å². The molecule has 0 spiro atoms. The number of nitrogens with zero attached hydrogens (tertiary/aromatic N) is 1. The molecule has 102 valence electrons. The number of rotatable bonds is 6. The summed E-state index contributed by atoms with van der Waals surface area (Å²) in [6.45, 7) is 4.94. The van der Waals surface area contributed by atoms with Crippen LogP contribution >= 0.6 is 0 Å². The second-order valence-corrected chi connectivity index (χ2v) is 6.51. The van der Waals surface area contributed by atoms with E-state index in [1.54, 1.807) is 12.1 Å². The first-order valence-electron chi connectivity index (χ1n) is 5.84. The standard InChI is InChI=1S/C12H21N3O2S/c1-10(2)13-9-11-5-7-12(8-6-11)14-18(16,17)15(3)4/h5-8,10,13-14H,9H2,1-4H3. The van der Waals surface area contributed by atoms with Gasteiger partial charge in [0.2, 0.25) is 0 Å². The molecule has 18 heavy (non-hydrogen) atoms. The number of anilines is 1. The number of nitrogens with one attached hydrogen (secondary N) is 2. The van der Waals surface area contributed by atoms with Gasteiger partial charge in [0.25, 0.3) is 0 Å². The molecule has 0 bridgehead atoms. The van der Waals surface area contributed by atoms with Crippen LogP contribution in [0.5, 0.6) is 0 Å². The molecule has 0 aromatic heterocycles. The van der Waals surface area contributed by atoms with Gasteiger partial charge in [-0.05, 0) is 17.7 Å². The molecular weight excluding hydrogens is 250 g/mol. The van der Waals surface area contributed by atoms with E-state index < -0.39 is 10.2 Å². The van der Waals surface area contributed by atoms with Crippen LogP contribution < -0.4 is 10.0 Å². The van der Waals surface area contributed by atoms with Crippen LogP contribution in [-0.2, 0) is 16.8 Å². The normalized spacial score (nSPS) is 12.1. The number of hydrogen-bond acceptors (Lipinski definition) is 3. The van der Waals surface area contributed by atoms with Crippen molar-refractivity contribution in [2.75, 3.05) is 18.8 Å². The van der Waals surface area contributed by atoms with Crippen LogP contribution in [0.4, 0.5) is 5.69 Å². The lowest BCUT2D eigenvalue weighted by molar-refractivity contribution is 0.527. The smallest absolute Gasteiger partial charge is 0.301 e. The third kappa shape index (κ3) is 4.64. The van der Waals surface area contributed by atoms with Gasteiger partial charge < -0.3 is 5.32 Å². The quantitative estimate of drug-likeness (QED) is 0.822. The zero-order chi connectivity index (χ0) is 13.8. The van der Waals surface area contributed by atoms with Crippen molar-refractivity contribution in [3.05, 3.63) is 29.8 Å². The predicted octanol–water partition coefficient (Wildman–Crippen LogP) is 1.40. The van der Waals surface area contributed by atoms with E-state index in [4.69, 9.17) is 0 Å². The molecule has 0 aliphatic heterocycles. The van der Waals surface area contributed by atoms with E-state index in [1.165, 1.54) is 14.1 Å². The SMILES string of the molecule is CC(C)NCc1ccc(NS(=O)(=O)N(C)C)cc1. The summed E-state index contributed by atoms with van der Waals surface area (Å²) in [6.07, 6.45) is 0. The maximum Gasteiger partial charge on any atom is 0.301 e. The van der Waals surface area contributed by atoms with Crippen LogP contribution in [0.1, 0.15) is 19.4 Å². The molecule has 2 N–H and O–H groups in total. The maximum atomic E-state index is 11.6. The number of hydrogen-bond donors (Lipinski definition) is 2. The molecule has 5 nitrogen and oxygen atoms in total. The second kappa shape index (κ2) is 6.17. The minimum atomic E-state index is -3.42. The van der Waals surface area contributed by atoms with Crippen LogP contribution in [0.15, 0.2) is 24.3 Å². The Kier molecular flexibility index (Phi) is 5.13. The highest BCUT2D eigenvalue weighted by Crippen LogP contribution is 2.12. The summed E-state index contributed by atoms with van der Waals surface area (Å²) in [5.74, 6) is 0. The monoisotopic (exact) mass is 271 g/mol. The summed E-state index contributed by atoms with van der Waals surface area (Å²) in [5, 5.41) is 3.30. The molecule has 0 fully saturated rings. The Hall–Kier alpha value is -1.11. The van der Waals surface area contributed by atoms with Crippen LogP contribution in [-0.4, -0.2) is 32.9 Å². The molecule has 0 aliphatic carbocycles. The fourth-order valence-electron chi connectivity index (χ4n) is 1.25. The molecule has 0 unspecified atom stereocenters. The van der Waals surface area contributed by atoms with Gasteiger partial charge in [-0.2, -0.15) is 12.7 Å². The minimum Gasteiger partial charge on any atom is -0.310 e. The first-order chi connectivity index (χ1) is 8.31. The largest absolute Gasteiger partial charge is 0.310 e. The molecule has 6 heteroatoms. The van der Waals surface area contributed by atoms with Crippen LogP contribution in [0.25, 0.3) is 0 Å². The van der Waals surface area contributed by atoms with Crippen molar-refractivity contribution in [2.45, 2.75) is 26.4 Å². The Balaban J connectivity index is 2.66. The van der Waals surface area contributed by atoms with Crippen molar-refractivity contribution in [2.24, 2.45) is 0 Å². The van der Waals surface area contributed by atoms with E-state index >= 15 is 0 Å². The molecule has 0 amide bonds. The Morgan fingerprint density at radius 1 is 1.17 bits per heavy atom. The zero-order valence-electron chi connectivity index (χ0n) is 11.3. The van der Waals surface area contributed by atoms with Crippen molar-refractivity contribution in [1.29, 1.82) is 0 Å². The minimum absolute atomic E-state index is 0.428. The first-order valence-corrected chi connectivity index (χ1v) is 7.28. The maximum absolute atomic E-state index is 11.6. The first kappa shape index (κ1) is 14.9. The molecule has 1 aromatic carbocycles. The summed E-state index contributed by atoms with van der Waals surface area (Å²) in [5.41, 5.74) is 1.69. The fourth-order valence-corrected chi connectivity index (χ4v) is 1.87. The summed E-state index contributed by atoms with van der Waals surface area (Å²) >= 11 is 0. The van der Waals surface area contributed by atoms with Crippen molar-refractivity contribution >= 4 is 15.9 Å². The van der Waals surface area contributed by atoms with Gasteiger partial charge in [0.1, 0.15) is 0 Å². The highest BCUT2D eigenvalue weighted by atomic mass is 32.2. The highest BCUT2D eigenvalue weighted by molar-refractivity contribution is 7.90. The van der Waals surface area contributed by atoms with Crippen molar-refractivity contribution < 1.29 is 8.42 Å². The Morgan fingerprint density at radius 2 is 1.72 bits per heavy atom. The summed E-state index contributed by atoms with van der Waals surface area (Å²) in [6, 6.07) is 7.76. The van der Waals surface area contributed by atoms with Gasteiger partial charge in [-0.1, -0.05) is 26.0 Å². The topological polar surface area (TPSA) is 61.4 Å². The van der Waals surface area contributed by atoms with E-state index in [2.05, 4.69) is 23.9 Å². The lowest BCUT2D eigenvalue weighted by Gasteiger charge is -2.14. The molecule has 1 rings (SSSR count). The molecule has 0 atom stereocenters. The Labute approximate surface area is 109 Å². The van der Waals surface area contributed by atoms with Crippen molar-refractivity contribution in [3.8, 4) is 0 Å². The van der Waals surface area contributed by atoms with E-state index in [9.17, 15) is 8.42 Å². The van der Waals surface area contributed by atoms with Gasteiger partial charge in [0.15, 0.2) is 0 Å². The van der Waals surface area contributed by atoms with Crippen molar-refractivity contribution in [3.63, 3.8) is 0 Å². The van der Waals surface area contributed by atoms with Gasteiger partial charge in [0, 0.05) is 32.4 Å². The van der Waals surface area contributed by atoms with Gasteiger partial charge in [-0.3, -0.25) is 4.72 Å². The molecular formula is C12H21N3O2S. The Morgan fingerprint density at radius 3 is 2.17 bits per heavy atom. The zero-order valence-corrected chi connectivity index (χ0v) is 12.1. The average molecular weight is 271 g/mol. The summed E-state index contributed by atoms with van der Waals surface area (Å²) in [7, 11) is -0.443. The van der Waals surface area contributed by atoms with Crippen molar-refractivity contribution in [1.82, 2.24) is 9.62 Å². The lowest BCUT2D eigenvalue weighted by atomic mass is 10.2. The van der Waals surface area contributed by atoms with Gasteiger partial charge in [-0.15, -0.1) is 0 Å². The molecule has 0 saturated carbocycles.